The zero-order valence-corrected chi connectivity index (χ0v) is 18.4. The summed E-state index contributed by atoms with van der Waals surface area (Å²) in [6.07, 6.45) is 0. The zero-order valence-electron chi connectivity index (χ0n) is 18.4. The molecule has 0 aromatic heterocycles. The maximum atomic E-state index is 10.3. The van der Waals surface area contributed by atoms with Gasteiger partial charge < -0.3 is 10.0 Å². The minimum absolute atomic E-state index is 0.506. The maximum absolute atomic E-state index is 10.3. The van der Waals surface area contributed by atoms with E-state index in [1.165, 1.54) is 38.9 Å². The third-order valence-electron chi connectivity index (χ3n) is 7.53. The lowest BCUT2D eigenvalue weighted by molar-refractivity contribution is 0.426. The van der Waals surface area contributed by atoms with Crippen LogP contribution in [0.5, 0.6) is 0 Å². The first-order valence-electron chi connectivity index (χ1n) is 11.6. The first kappa shape index (κ1) is 19.5. The molecule has 5 aromatic carbocycles. The molecule has 0 heterocycles. The molecule has 2 aliphatic rings. The van der Waals surface area contributed by atoms with Crippen LogP contribution in [0.1, 0.15) is 22.3 Å². The fraction of sp³-hybridized carbons (Fsp3) is 0.0323. The third kappa shape index (κ3) is 2.33. The molecule has 5 aromatic rings. The molecule has 7 rings (SSSR count). The van der Waals surface area contributed by atoms with Crippen LogP contribution in [-0.4, -0.2) is 17.2 Å². The fourth-order valence-corrected chi connectivity index (χ4v) is 6.34. The van der Waals surface area contributed by atoms with Gasteiger partial charge in [-0.15, -0.1) is 0 Å². The van der Waals surface area contributed by atoms with E-state index < -0.39 is 12.5 Å². The Labute approximate surface area is 198 Å². The number of hydrogen-bond acceptors (Lipinski definition) is 2. The van der Waals surface area contributed by atoms with Crippen molar-refractivity contribution in [2.24, 2.45) is 0 Å². The molecule has 0 radical (unpaired) electrons. The van der Waals surface area contributed by atoms with Gasteiger partial charge in [0.15, 0.2) is 0 Å². The Hall–Kier alpha value is -3.92. The van der Waals surface area contributed by atoms with Crippen molar-refractivity contribution >= 4 is 12.6 Å². The molecular weight excluding hydrogens is 415 g/mol. The van der Waals surface area contributed by atoms with Crippen molar-refractivity contribution in [2.45, 2.75) is 5.41 Å². The summed E-state index contributed by atoms with van der Waals surface area (Å²) >= 11 is 0. The van der Waals surface area contributed by atoms with Crippen LogP contribution in [0, 0.1) is 0 Å². The Morgan fingerprint density at radius 3 is 1.62 bits per heavy atom. The number of hydrogen-bond donors (Lipinski definition) is 2. The highest BCUT2D eigenvalue weighted by Gasteiger charge is 2.52. The van der Waals surface area contributed by atoms with E-state index in [1.54, 1.807) is 0 Å². The van der Waals surface area contributed by atoms with E-state index in [0.717, 1.165) is 16.7 Å². The summed E-state index contributed by atoms with van der Waals surface area (Å²) in [6.45, 7) is 0. The van der Waals surface area contributed by atoms with Gasteiger partial charge in [0, 0.05) is 0 Å². The average Bonchev–Trinajstić information content (AvgIpc) is 3.36. The molecule has 1 spiro atoms. The van der Waals surface area contributed by atoms with Crippen molar-refractivity contribution < 1.29 is 10.0 Å². The summed E-state index contributed by atoms with van der Waals surface area (Å²) in [5.74, 6) is 0. The molecular formula is C31H21BO2. The molecule has 2 nitrogen and oxygen atoms in total. The van der Waals surface area contributed by atoms with Crippen molar-refractivity contribution in [3.63, 3.8) is 0 Å². The monoisotopic (exact) mass is 436 g/mol. The van der Waals surface area contributed by atoms with Gasteiger partial charge >= 0.3 is 7.12 Å². The van der Waals surface area contributed by atoms with Crippen LogP contribution in [-0.2, 0) is 5.41 Å². The lowest BCUT2D eigenvalue weighted by Crippen LogP contribution is -2.33. The number of fused-ring (bicyclic) bond motifs is 10. The van der Waals surface area contributed by atoms with Gasteiger partial charge in [-0.25, -0.2) is 0 Å². The van der Waals surface area contributed by atoms with Crippen molar-refractivity contribution in [3.8, 4) is 33.4 Å². The van der Waals surface area contributed by atoms with Crippen LogP contribution in [0.4, 0.5) is 0 Å². The lowest BCUT2D eigenvalue weighted by Gasteiger charge is -2.30. The summed E-state index contributed by atoms with van der Waals surface area (Å²) < 4.78 is 0. The minimum atomic E-state index is -1.54. The molecule has 0 saturated heterocycles. The van der Waals surface area contributed by atoms with Crippen molar-refractivity contribution in [2.75, 3.05) is 0 Å². The van der Waals surface area contributed by atoms with Gasteiger partial charge in [-0.3, -0.25) is 0 Å². The lowest BCUT2D eigenvalue weighted by atomic mass is 9.69. The number of rotatable bonds is 2. The van der Waals surface area contributed by atoms with E-state index >= 15 is 0 Å². The smallest absolute Gasteiger partial charge is 0.423 e. The van der Waals surface area contributed by atoms with Gasteiger partial charge in [0.1, 0.15) is 0 Å². The van der Waals surface area contributed by atoms with Gasteiger partial charge in [-0.05, 0) is 61.1 Å². The first-order valence-corrected chi connectivity index (χ1v) is 11.6. The Bertz CT molecular complexity index is 1590. The predicted molar refractivity (Wildman–Crippen MR) is 138 cm³/mol. The highest BCUT2D eigenvalue weighted by molar-refractivity contribution is 6.60. The maximum Gasteiger partial charge on any atom is 0.489 e. The van der Waals surface area contributed by atoms with Crippen LogP contribution >= 0.6 is 0 Å². The van der Waals surface area contributed by atoms with Crippen LogP contribution in [0.3, 0.4) is 0 Å². The van der Waals surface area contributed by atoms with Crippen LogP contribution < -0.4 is 5.46 Å². The molecule has 0 saturated carbocycles. The normalized spacial score (nSPS) is 16.6. The SMILES string of the molecule is OB(O)c1cccc2c1-c1ccccc1C21c2ccccc2-c2c(-c3ccccc3)cccc21. The molecule has 1 atom stereocenters. The van der Waals surface area contributed by atoms with Gasteiger partial charge in [-0.1, -0.05) is 115 Å². The third-order valence-corrected chi connectivity index (χ3v) is 7.53. The van der Waals surface area contributed by atoms with Crippen LogP contribution in [0.15, 0.2) is 115 Å². The van der Waals surface area contributed by atoms with Crippen LogP contribution in [0.25, 0.3) is 33.4 Å². The Balaban J connectivity index is 1.68. The quantitative estimate of drug-likeness (QED) is 0.358. The van der Waals surface area contributed by atoms with Crippen molar-refractivity contribution in [1.82, 2.24) is 0 Å². The highest BCUT2D eigenvalue weighted by Crippen LogP contribution is 2.63. The molecule has 160 valence electrons. The van der Waals surface area contributed by atoms with E-state index in [0.29, 0.717) is 5.46 Å². The largest absolute Gasteiger partial charge is 0.489 e. The van der Waals surface area contributed by atoms with Crippen molar-refractivity contribution in [1.29, 1.82) is 0 Å². The predicted octanol–water partition coefficient (Wildman–Crippen LogP) is 5.38. The second-order valence-corrected chi connectivity index (χ2v) is 9.08. The summed E-state index contributed by atoms with van der Waals surface area (Å²) in [5.41, 5.74) is 11.7. The Morgan fingerprint density at radius 1 is 0.441 bits per heavy atom. The second kappa shape index (κ2) is 7.04. The standard InChI is InChI=1S/C31H21BO2/c33-32(34)28-19-9-18-27-30(28)23-13-5-7-16-25(23)31(27)24-15-6-4-12-22(24)29-21(14-8-17-26(29)31)20-10-2-1-3-11-20/h1-19,33-34H. The zero-order chi connectivity index (χ0) is 22.9. The second-order valence-electron chi connectivity index (χ2n) is 9.08. The minimum Gasteiger partial charge on any atom is -0.423 e. The van der Waals surface area contributed by atoms with E-state index in [4.69, 9.17) is 0 Å². The highest BCUT2D eigenvalue weighted by atomic mass is 16.4. The Kier molecular flexibility index (Phi) is 4.05. The van der Waals surface area contributed by atoms with Gasteiger partial charge in [0.05, 0.1) is 5.41 Å². The van der Waals surface area contributed by atoms with E-state index in [-0.39, 0.29) is 0 Å². The van der Waals surface area contributed by atoms with Gasteiger partial charge in [-0.2, -0.15) is 0 Å². The molecule has 2 N–H and O–H groups in total. The summed E-state index contributed by atoms with van der Waals surface area (Å²) in [6, 6.07) is 40.2. The van der Waals surface area contributed by atoms with E-state index in [9.17, 15) is 10.0 Å². The average molecular weight is 436 g/mol. The summed E-state index contributed by atoms with van der Waals surface area (Å²) in [7, 11) is -1.54. The molecule has 2 aliphatic carbocycles. The molecule has 0 fully saturated rings. The van der Waals surface area contributed by atoms with Gasteiger partial charge in [0.2, 0.25) is 0 Å². The summed E-state index contributed by atoms with van der Waals surface area (Å²) in [4.78, 5) is 0. The van der Waals surface area contributed by atoms with E-state index in [1.807, 2.05) is 24.3 Å². The van der Waals surface area contributed by atoms with E-state index in [2.05, 4.69) is 91.0 Å². The van der Waals surface area contributed by atoms with Crippen molar-refractivity contribution in [3.05, 3.63) is 138 Å². The molecule has 0 bridgehead atoms. The molecule has 3 heteroatoms. The fourth-order valence-electron chi connectivity index (χ4n) is 6.34. The first-order chi connectivity index (χ1) is 16.7. The molecule has 0 aliphatic heterocycles. The van der Waals surface area contributed by atoms with Gasteiger partial charge in [0.25, 0.3) is 0 Å². The molecule has 0 amide bonds. The topological polar surface area (TPSA) is 40.5 Å². The Morgan fingerprint density at radius 2 is 0.941 bits per heavy atom. The molecule has 1 unspecified atom stereocenters. The number of benzene rings is 5. The summed E-state index contributed by atoms with van der Waals surface area (Å²) in [5, 5.41) is 20.6. The molecule has 34 heavy (non-hydrogen) atoms. The van der Waals surface area contributed by atoms with Crippen LogP contribution in [0.2, 0.25) is 0 Å².